The number of methoxy groups -OCH3 is 2. The van der Waals surface area contributed by atoms with E-state index in [4.69, 9.17) is 14.6 Å². The molecule has 16 heavy (non-hydrogen) atoms. The predicted molar refractivity (Wildman–Crippen MR) is 55.7 cm³/mol. The van der Waals surface area contributed by atoms with Gasteiger partial charge in [-0.15, -0.1) is 0 Å². The van der Waals surface area contributed by atoms with Crippen LogP contribution in [0.2, 0.25) is 0 Å². The van der Waals surface area contributed by atoms with Crippen LogP contribution in [0, 0.1) is 0 Å². The molecule has 0 saturated heterocycles. The fraction of sp³-hybridized carbons (Fsp3) is 0.364. The lowest BCUT2D eigenvalue weighted by atomic mass is 10.0. The second-order valence-electron chi connectivity index (χ2n) is 3.18. The molecule has 0 bridgehead atoms. The number of halogens is 1. The molecule has 0 aromatic heterocycles. The van der Waals surface area contributed by atoms with E-state index in [0.717, 1.165) is 0 Å². The van der Waals surface area contributed by atoms with Crippen molar-refractivity contribution in [1.29, 1.82) is 0 Å². The molecule has 4 nitrogen and oxygen atoms in total. The number of hydrogen-bond donors (Lipinski definition) is 1. The van der Waals surface area contributed by atoms with Crippen LogP contribution in [0.3, 0.4) is 0 Å². The van der Waals surface area contributed by atoms with Crippen molar-refractivity contribution in [3.63, 3.8) is 0 Å². The highest BCUT2D eigenvalue weighted by atomic mass is 19.1. The van der Waals surface area contributed by atoms with Gasteiger partial charge in [0.05, 0.1) is 20.6 Å². The summed E-state index contributed by atoms with van der Waals surface area (Å²) in [6.07, 6.45) is -0.237. The van der Waals surface area contributed by atoms with E-state index in [9.17, 15) is 9.18 Å². The van der Waals surface area contributed by atoms with Gasteiger partial charge in [0.15, 0.2) is 11.5 Å². The minimum absolute atomic E-state index is 0.237. The van der Waals surface area contributed by atoms with Gasteiger partial charge in [-0.2, -0.15) is 0 Å². The maximum absolute atomic E-state index is 12.7. The summed E-state index contributed by atoms with van der Waals surface area (Å²) in [6.45, 7) is -0.733. The minimum Gasteiger partial charge on any atom is -0.493 e. The second kappa shape index (κ2) is 5.34. The molecule has 0 fully saturated rings. The summed E-state index contributed by atoms with van der Waals surface area (Å²) in [4.78, 5) is 10.6. The molecule has 88 valence electrons. The average Bonchev–Trinajstić information content (AvgIpc) is 2.27. The summed E-state index contributed by atoms with van der Waals surface area (Å²) in [6, 6.07) is 2.94. The van der Waals surface area contributed by atoms with E-state index >= 15 is 0 Å². The number of carboxylic acids is 1. The van der Waals surface area contributed by atoms with Crippen LogP contribution < -0.4 is 9.47 Å². The highest BCUT2D eigenvalue weighted by Crippen LogP contribution is 2.31. The number of benzene rings is 1. The number of carbonyl (C=O) groups is 1. The Kier molecular flexibility index (Phi) is 4.10. The summed E-state index contributed by atoms with van der Waals surface area (Å²) in [7, 11) is 2.88. The van der Waals surface area contributed by atoms with Crippen LogP contribution in [-0.2, 0) is 17.9 Å². The van der Waals surface area contributed by atoms with E-state index in [0.29, 0.717) is 22.6 Å². The monoisotopic (exact) mass is 228 g/mol. The number of ether oxygens (including phenoxy) is 2. The maximum Gasteiger partial charge on any atom is 0.307 e. The van der Waals surface area contributed by atoms with Gasteiger partial charge >= 0.3 is 5.97 Å². The van der Waals surface area contributed by atoms with Gasteiger partial charge in [0.25, 0.3) is 0 Å². The standard InChI is InChI=1S/C11H13FO4/c1-15-9-3-7(5-11(13)14)8(6-12)4-10(9)16-2/h3-4H,5-6H2,1-2H3,(H,13,14). The van der Waals surface area contributed by atoms with Crippen molar-refractivity contribution in [2.75, 3.05) is 14.2 Å². The first kappa shape index (κ1) is 12.3. The number of alkyl halides is 1. The van der Waals surface area contributed by atoms with Crippen molar-refractivity contribution in [3.05, 3.63) is 23.3 Å². The Morgan fingerprint density at radius 1 is 1.25 bits per heavy atom. The predicted octanol–water partition coefficient (Wildman–Crippen LogP) is 1.80. The Morgan fingerprint density at radius 3 is 2.12 bits per heavy atom. The molecule has 0 amide bonds. The van der Waals surface area contributed by atoms with Crippen molar-refractivity contribution in [1.82, 2.24) is 0 Å². The zero-order chi connectivity index (χ0) is 12.1. The molecule has 0 heterocycles. The fourth-order valence-electron chi connectivity index (χ4n) is 1.42. The van der Waals surface area contributed by atoms with Gasteiger partial charge in [0, 0.05) is 0 Å². The lowest BCUT2D eigenvalue weighted by Crippen LogP contribution is -2.04. The van der Waals surface area contributed by atoms with Crippen LogP contribution in [-0.4, -0.2) is 25.3 Å². The SMILES string of the molecule is COc1cc(CF)c(CC(=O)O)cc1OC. The van der Waals surface area contributed by atoms with E-state index in [1.54, 1.807) is 0 Å². The molecule has 0 aliphatic carbocycles. The lowest BCUT2D eigenvalue weighted by molar-refractivity contribution is -0.136. The van der Waals surface area contributed by atoms with Gasteiger partial charge in [-0.25, -0.2) is 4.39 Å². The minimum atomic E-state index is -1.01. The molecule has 0 atom stereocenters. The van der Waals surface area contributed by atoms with Crippen LogP contribution in [0.5, 0.6) is 11.5 Å². The molecule has 0 unspecified atom stereocenters. The Balaban J connectivity index is 3.20. The zero-order valence-corrected chi connectivity index (χ0v) is 9.12. The number of hydrogen-bond acceptors (Lipinski definition) is 3. The Morgan fingerprint density at radius 2 is 1.75 bits per heavy atom. The van der Waals surface area contributed by atoms with E-state index in [-0.39, 0.29) is 6.42 Å². The van der Waals surface area contributed by atoms with Gasteiger partial charge in [0.1, 0.15) is 6.67 Å². The zero-order valence-electron chi connectivity index (χ0n) is 9.12. The highest BCUT2D eigenvalue weighted by molar-refractivity contribution is 5.71. The third-order valence-electron chi connectivity index (χ3n) is 2.19. The van der Waals surface area contributed by atoms with Gasteiger partial charge in [-0.1, -0.05) is 0 Å². The highest BCUT2D eigenvalue weighted by Gasteiger charge is 2.13. The van der Waals surface area contributed by atoms with Crippen molar-refractivity contribution < 1.29 is 23.8 Å². The van der Waals surface area contributed by atoms with E-state index in [1.165, 1.54) is 26.4 Å². The molecule has 1 N–H and O–H groups in total. The molecule has 0 spiro atoms. The van der Waals surface area contributed by atoms with Crippen LogP contribution >= 0.6 is 0 Å². The maximum atomic E-state index is 12.7. The number of aliphatic carboxylic acids is 1. The summed E-state index contributed by atoms with van der Waals surface area (Å²) in [5.74, 6) is -0.220. The number of carboxylic acid groups (broad SMARTS) is 1. The van der Waals surface area contributed by atoms with Crippen LogP contribution in [0.25, 0.3) is 0 Å². The van der Waals surface area contributed by atoms with Gasteiger partial charge in [-0.3, -0.25) is 4.79 Å². The van der Waals surface area contributed by atoms with Gasteiger partial charge in [0.2, 0.25) is 0 Å². The first-order valence-electron chi connectivity index (χ1n) is 4.64. The van der Waals surface area contributed by atoms with Crippen molar-refractivity contribution in [3.8, 4) is 11.5 Å². The Labute approximate surface area is 92.6 Å². The summed E-state index contributed by atoms with van der Waals surface area (Å²) >= 11 is 0. The molecule has 1 rings (SSSR count). The molecule has 5 heteroatoms. The molecule has 0 aliphatic heterocycles. The summed E-state index contributed by atoms with van der Waals surface area (Å²) in [5, 5.41) is 8.68. The van der Waals surface area contributed by atoms with E-state index < -0.39 is 12.6 Å². The normalized spacial score (nSPS) is 9.94. The molecular formula is C11H13FO4. The average molecular weight is 228 g/mol. The topological polar surface area (TPSA) is 55.8 Å². The second-order valence-corrected chi connectivity index (χ2v) is 3.18. The van der Waals surface area contributed by atoms with Gasteiger partial charge in [-0.05, 0) is 23.3 Å². The molecule has 0 radical (unpaired) electrons. The largest absolute Gasteiger partial charge is 0.493 e. The lowest BCUT2D eigenvalue weighted by Gasteiger charge is -2.12. The molecule has 0 aliphatic rings. The van der Waals surface area contributed by atoms with E-state index in [2.05, 4.69) is 0 Å². The first-order chi connectivity index (χ1) is 7.62. The fourth-order valence-corrected chi connectivity index (χ4v) is 1.42. The first-order valence-corrected chi connectivity index (χ1v) is 4.64. The van der Waals surface area contributed by atoms with Crippen molar-refractivity contribution in [2.45, 2.75) is 13.1 Å². The smallest absolute Gasteiger partial charge is 0.307 e. The van der Waals surface area contributed by atoms with E-state index in [1.807, 2.05) is 0 Å². The quantitative estimate of drug-likeness (QED) is 0.834. The molecule has 0 saturated carbocycles. The van der Waals surface area contributed by atoms with Crippen molar-refractivity contribution in [2.24, 2.45) is 0 Å². The molecular weight excluding hydrogens is 215 g/mol. The molecule has 1 aromatic carbocycles. The van der Waals surface area contributed by atoms with Crippen molar-refractivity contribution >= 4 is 5.97 Å². The Hall–Kier alpha value is -1.78. The summed E-state index contributed by atoms with van der Waals surface area (Å²) in [5.41, 5.74) is 0.702. The molecule has 1 aromatic rings. The van der Waals surface area contributed by atoms with Crippen LogP contribution in [0.1, 0.15) is 11.1 Å². The van der Waals surface area contributed by atoms with Crippen LogP contribution in [0.4, 0.5) is 4.39 Å². The Bertz CT molecular complexity index is 390. The number of rotatable bonds is 5. The van der Waals surface area contributed by atoms with Crippen LogP contribution in [0.15, 0.2) is 12.1 Å². The third kappa shape index (κ3) is 2.62. The van der Waals surface area contributed by atoms with Gasteiger partial charge < -0.3 is 14.6 Å². The third-order valence-corrected chi connectivity index (χ3v) is 2.19. The summed E-state index contributed by atoms with van der Waals surface area (Å²) < 4.78 is 22.7.